The van der Waals surface area contributed by atoms with Crippen molar-refractivity contribution in [3.8, 4) is 10.4 Å². The zero-order valence-electron chi connectivity index (χ0n) is 20.0. The van der Waals surface area contributed by atoms with Crippen LogP contribution in [0.3, 0.4) is 0 Å². The van der Waals surface area contributed by atoms with E-state index in [1.165, 1.54) is 17.4 Å². The smallest absolute Gasteiger partial charge is 0.257 e. The number of carbonyl (C=O) groups is 3. The summed E-state index contributed by atoms with van der Waals surface area (Å²) in [6.07, 6.45) is 6.28. The maximum absolute atomic E-state index is 13.5. The normalized spacial score (nSPS) is 13.6. The first-order valence-electron chi connectivity index (χ1n) is 11.8. The number of benzene rings is 2. The van der Waals surface area contributed by atoms with Crippen molar-refractivity contribution in [1.29, 1.82) is 0 Å². The molecule has 0 aliphatic carbocycles. The van der Waals surface area contributed by atoms with Crippen LogP contribution in [0.1, 0.15) is 51.1 Å². The molecule has 0 spiro atoms. The number of hydrogen-bond donors (Lipinski definition) is 2. The molecule has 7 heteroatoms. The molecule has 1 fully saturated rings. The topological polar surface area (TPSA) is 78.5 Å². The van der Waals surface area contributed by atoms with Gasteiger partial charge in [0.1, 0.15) is 5.00 Å². The van der Waals surface area contributed by atoms with Crippen LogP contribution in [0.15, 0.2) is 60.7 Å². The Morgan fingerprint density at radius 2 is 1.63 bits per heavy atom. The highest BCUT2D eigenvalue weighted by Gasteiger charge is 2.27. The van der Waals surface area contributed by atoms with E-state index in [4.69, 9.17) is 0 Å². The highest BCUT2D eigenvalue weighted by atomic mass is 32.1. The van der Waals surface area contributed by atoms with Crippen LogP contribution in [-0.2, 0) is 4.79 Å². The van der Waals surface area contributed by atoms with Gasteiger partial charge in [-0.3, -0.25) is 14.4 Å². The first-order chi connectivity index (χ1) is 17.0. The van der Waals surface area contributed by atoms with Crippen molar-refractivity contribution in [3.05, 3.63) is 82.9 Å². The second kappa shape index (κ2) is 11.1. The van der Waals surface area contributed by atoms with Crippen LogP contribution < -0.4 is 10.6 Å². The molecule has 2 aromatic carbocycles. The maximum Gasteiger partial charge on any atom is 0.257 e. The van der Waals surface area contributed by atoms with Crippen LogP contribution in [0, 0.1) is 6.92 Å². The summed E-state index contributed by atoms with van der Waals surface area (Å²) in [6, 6.07) is 16.9. The lowest BCUT2D eigenvalue weighted by atomic mass is 10.0. The molecule has 0 atom stereocenters. The number of piperidine rings is 1. The van der Waals surface area contributed by atoms with E-state index in [0.29, 0.717) is 16.1 Å². The number of nitrogens with one attached hydrogen (secondary N) is 2. The average Bonchev–Trinajstić information content (AvgIpc) is 3.23. The number of nitrogens with zero attached hydrogens (tertiary/aromatic N) is 1. The van der Waals surface area contributed by atoms with Crippen molar-refractivity contribution < 1.29 is 14.4 Å². The molecule has 0 bridgehead atoms. The summed E-state index contributed by atoms with van der Waals surface area (Å²) >= 11 is 1.43. The molecule has 180 valence electrons. The van der Waals surface area contributed by atoms with E-state index in [1.807, 2.05) is 42.2 Å². The molecule has 4 rings (SSSR count). The molecule has 1 aromatic heterocycles. The molecule has 35 heavy (non-hydrogen) atoms. The standard InChI is InChI=1S/C28H29N3O3S/c1-19-24(28(34)31-17-7-4-8-18-31)27(35-25(19)21-9-5-3-6-10-21)30-23(32)16-13-20-11-14-22(15-12-20)26(33)29-2/h3,5-6,9-16H,4,7-8,17-18H2,1-2H3,(H,29,33)(H,30,32)/b16-13+. The van der Waals surface area contributed by atoms with E-state index in [0.717, 1.165) is 53.9 Å². The van der Waals surface area contributed by atoms with Crippen LogP contribution in [-0.4, -0.2) is 42.8 Å². The van der Waals surface area contributed by atoms with Crippen molar-refractivity contribution >= 4 is 40.1 Å². The van der Waals surface area contributed by atoms with E-state index >= 15 is 0 Å². The first-order valence-corrected chi connectivity index (χ1v) is 12.6. The first kappa shape index (κ1) is 24.4. The van der Waals surface area contributed by atoms with Crippen molar-refractivity contribution in [1.82, 2.24) is 10.2 Å². The number of carbonyl (C=O) groups excluding carboxylic acids is 3. The monoisotopic (exact) mass is 487 g/mol. The molecular formula is C28H29N3O3S. The summed E-state index contributed by atoms with van der Waals surface area (Å²) in [4.78, 5) is 40.9. The molecule has 0 radical (unpaired) electrons. The Hall–Kier alpha value is -3.71. The van der Waals surface area contributed by atoms with Gasteiger partial charge in [-0.25, -0.2) is 0 Å². The Labute approximate surface area is 209 Å². The molecule has 0 unspecified atom stereocenters. The van der Waals surface area contributed by atoms with Crippen LogP contribution in [0.25, 0.3) is 16.5 Å². The Balaban J connectivity index is 1.59. The minimum atomic E-state index is -0.311. The molecule has 2 N–H and O–H groups in total. The lowest BCUT2D eigenvalue weighted by molar-refractivity contribution is -0.111. The summed E-state index contributed by atoms with van der Waals surface area (Å²) < 4.78 is 0. The number of thiophene rings is 1. The summed E-state index contributed by atoms with van der Waals surface area (Å²) in [7, 11) is 1.58. The number of rotatable bonds is 6. The second-order valence-electron chi connectivity index (χ2n) is 8.50. The molecular weight excluding hydrogens is 458 g/mol. The number of anilines is 1. The van der Waals surface area contributed by atoms with Gasteiger partial charge in [0.25, 0.3) is 11.8 Å². The van der Waals surface area contributed by atoms with Crippen LogP contribution in [0.4, 0.5) is 5.00 Å². The van der Waals surface area contributed by atoms with Crippen molar-refractivity contribution in [2.45, 2.75) is 26.2 Å². The number of likely N-dealkylation sites (tertiary alicyclic amines) is 1. The van der Waals surface area contributed by atoms with Crippen molar-refractivity contribution in [2.75, 3.05) is 25.5 Å². The van der Waals surface area contributed by atoms with E-state index in [9.17, 15) is 14.4 Å². The van der Waals surface area contributed by atoms with Crippen LogP contribution >= 0.6 is 11.3 Å². The Morgan fingerprint density at radius 1 is 0.943 bits per heavy atom. The molecule has 1 aliphatic heterocycles. The molecule has 3 amide bonds. The lowest BCUT2D eigenvalue weighted by Crippen LogP contribution is -2.36. The quantitative estimate of drug-likeness (QED) is 0.460. The van der Waals surface area contributed by atoms with Crippen LogP contribution in [0.2, 0.25) is 0 Å². The van der Waals surface area contributed by atoms with E-state index < -0.39 is 0 Å². The number of amides is 3. The van der Waals surface area contributed by atoms with Crippen LogP contribution in [0.5, 0.6) is 0 Å². The highest BCUT2D eigenvalue weighted by Crippen LogP contribution is 2.40. The average molecular weight is 488 g/mol. The SMILES string of the molecule is CNC(=O)c1ccc(/C=C/C(=O)Nc2sc(-c3ccccc3)c(C)c2C(=O)N2CCCCC2)cc1. The van der Waals surface area contributed by atoms with Gasteiger partial charge < -0.3 is 15.5 Å². The van der Waals surface area contributed by atoms with Gasteiger partial charge in [0.05, 0.1) is 5.56 Å². The third kappa shape index (κ3) is 5.69. The zero-order chi connectivity index (χ0) is 24.8. The minimum Gasteiger partial charge on any atom is -0.355 e. The molecule has 1 saturated heterocycles. The summed E-state index contributed by atoms with van der Waals surface area (Å²) in [5.74, 6) is -0.495. The minimum absolute atomic E-state index is 0.0234. The van der Waals surface area contributed by atoms with Gasteiger partial charge in [0, 0.05) is 36.7 Å². The van der Waals surface area contributed by atoms with E-state index in [1.54, 1.807) is 37.4 Å². The third-order valence-electron chi connectivity index (χ3n) is 6.10. The van der Waals surface area contributed by atoms with Gasteiger partial charge in [-0.1, -0.05) is 42.5 Å². The summed E-state index contributed by atoms with van der Waals surface area (Å²) in [5.41, 5.74) is 3.84. The summed E-state index contributed by atoms with van der Waals surface area (Å²) in [5, 5.41) is 6.11. The predicted molar refractivity (Wildman–Crippen MR) is 142 cm³/mol. The Bertz CT molecular complexity index is 1240. The lowest BCUT2D eigenvalue weighted by Gasteiger charge is -2.27. The van der Waals surface area contributed by atoms with Gasteiger partial charge >= 0.3 is 0 Å². The third-order valence-corrected chi connectivity index (χ3v) is 7.36. The van der Waals surface area contributed by atoms with E-state index in [2.05, 4.69) is 10.6 Å². The Morgan fingerprint density at radius 3 is 2.29 bits per heavy atom. The maximum atomic E-state index is 13.5. The number of hydrogen-bond acceptors (Lipinski definition) is 4. The second-order valence-corrected chi connectivity index (χ2v) is 9.52. The van der Waals surface area contributed by atoms with Gasteiger partial charge in [-0.2, -0.15) is 0 Å². The predicted octanol–water partition coefficient (Wildman–Crippen LogP) is 5.36. The molecule has 2 heterocycles. The molecule has 3 aromatic rings. The Kier molecular flexibility index (Phi) is 7.77. The van der Waals surface area contributed by atoms with Gasteiger partial charge in [-0.15, -0.1) is 11.3 Å². The zero-order valence-corrected chi connectivity index (χ0v) is 20.8. The fraction of sp³-hybridized carbons (Fsp3) is 0.250. The summed E-state index contributed by atoms with van der Waals surface area (Å²) in [6.45, 7) is 3.44. The molecule has 6 nitrogen and oxygen atoms in total. The van der Waals surface area contributed by atoms with Gasteiger partial charge in [0.2, 0.25) is 5.91 Å². The van der Waals surface area contributed by atoms with Crippen molar-refractivity contribution in [2.24, 2.45) is 0 Å². The molecule has 0 saturated carbocycles. The largest absolute Gasteiger partial charge is 0.355 e. The fourth-order valence-corrected chi connectivity index (χ4v) is 5.40. The van der Waals surface area contributed by atoms with Crippen molar-refractivity contribution in [3.63, 3.8) is 0 Å². The van der Waals surface area contributed by atoms with Gasteiger partial charge in [0.15, 0.2) is 0 Å². The van der Waals surface area contributed by atoms with E-state index in [-0.39, 0.29) is 17.7 Å². The molecule has 1 aliphatic rings. The highest BCUT2D eigenvalue weighted by molar-refractivity contribution is 7.20. The van der Waals surface area contributed by atoms with Gasteiger partial charge in [-0.05, 0) is 61.1 Å². The fourth-order valence-electron chi connectivity index (χ4n) is 4.19.